The number of para-hydroxylation sites is 2. The van der Waals surface area contributed by atoms with Crippen molar-refractivity contribution < 1.29 is 0 Å². The molecule has 52 heavy (non-hydrogen) atoms. The van der Waals surface area contributed by atoms with E-state index in [1.54, 1.807) is 0 Å². The Morgan fingerprint density at radius 1 is 0.404 bits per heavy atom. The molecule has 0 aliphatic heterocycles. The number of hydrogen-bond acceptors (Lipinski definition) is 2. The molecule has 4 nitrogen and oxygen atoms in total. The van der Waals surface area contributed by atoms with E-state index in [0.29, 0.717) is 17.1 Å². The molecule has 0 aliphatic carbocycles. The van der Waals surface area contributed by atoms with Crippen molar-refractivity contribution in [3.05, 3.63) is 187 Å². The number of aromatic nitrogens is 2. The summed E-state index contributed by atoms with van der Waals surface area (Å²) in [4.78, 5) is 0. The Hall–Kier alpha value is -7.04. The topological polar surface area (TPSA) is 57.0 Å². The van der Waals surface area contributed by atoms with Gasteiger partial charge in [-0.3, -0.25) is 15.4 Å². The quantitative estimate of drug-likeness (QED) is 0.139. The molecule has 0 fully saturated rings. The highest BCUT2D eigenvalue weighted by Crippen LogP contribution is 2.47. The fourth-order valence-electron chi connectivity index (χ4n) is 8.65. The third-order valence-electron chi connectivity index (χ3n) is 10.9. The number of fused-ring (bicyclic) bond motifs is 12. The van der Waals surface area contributed by atoms with Gasteiger partial charge < -0.3 is 4.40 Å². The van der Waals surface area contributed by atoms with Crippen molar-refractivity contribution in [2.24, 2.45) is 0 Å². The lowest BCUT2D eigenvalue weighted by Crippen LogP contribution is -2.17. The highest BCUT2D eigenvalue weighted by atomic mass is 15.0. The molecule has 0 atom stereocenters. The van der Waals surface area contributed by atoms with Crippen LogP contribution in [0.2, 0.25) is 0 Å². The monoisotopic (exact) mass is 662 g/mol. The molecule has 0 unspecified atom stereocenters. The van der Waals surface area contributed by atoms with Crippen LogP contribution in [-0.4, -0.2) is 20.5 Å². The van der Waals surface area contributed by atoms with Crippen molar-refractivity contribution in [2.45, 2.75) is 0 Å². The fraction of sp³-hybridized carbons (Fsp3) is 0. The maximum absolute atomic E-state index is 10.2. The minimum absolute atomic E-state index is 0.346. The van der Waals surface area contributed by atoms with Crippen molar-refractivity contribution >= 4 is 82.2 Å². The first-order valence-electron chi connectivity index (χ1n) is 17.6. The minimum atomic E-state index is 0.346. The lowest BCUT2D eigenvalue weighted by Gasteiger charge is -2.16. The fourth-order valence-corrected chi connectivity index (χ4v) is 8.65. The normalized spacial score (nSPS) is 12.0. The molecule has 0 aliphatic rings. The van der Waals surface area contributed by atoms with Crippen molar-refractivity contribution in [3.63, 3.8) is 0 Å². The van der Waals surface area contributed by atoms with Gasteiger partial charge in [-0.15, -0.1) is 0 Å². The van der Waals surface area contributed by atoms with E-state index in [0.717, 1.165) is 54.8 Å². The Morgan fingerprint density at radius 2 is 1.02 bits per heavy atom. The average molecular weight is 663 g/mol. The second-order valence-corrected chi connectivity index (χ2v) is 13.6. The first-order valence-corrected chi connectivity index (χ1v) is 17.6. The Kier molecular flexibility index (Phi) is 5.93. The second-order valence-electron chi connectivity index (χ2n) is 13.6. The molecule has 3 aromatic heterocycles. The zero-order chi connectivity index (χ0) is 34.5. The average Bonchev–Trinajstić information content (AvgIpc) is 3.85. The third-order valence-corrected chi connectivity index (χ3v) is 10.9. The Labute approximate surface area is 298 Å². The Morgan fingerprint density at radius 3 is 1.81 bits per heavy atom. The zero-order valence-electron chi connectivity index (χ0n) is 28.1. The molecular formula is C48H30N4. The molecular weight excluding hydrogens is 633 g/mol. The Bertz CT molecular complexity index is 3250. The summed E-state index contributed by atoms with van der Waals surface area (Å²) >= 11 is 0. The molecule has 242 valence electrons. The van der Waals surface area contributed by atoms with Crippen LogP contribution in [0.3, 0.4) is 0 Å². The second kappa shape index (κ2) is 10.7. The summed E-state index contributed by atoms with van der Waals surface area (Å²) in [5, 5.41) is 28.9. The van der Waals surface area contributed by atoms with E-state index in [1.165, 1.54) is 38.1 Å². The molecule has 0 amide bonds. The van der Waals surface area contributed by atoms with Crippen LogP contribution in [-0.2, 0) is 0 Å². The summed E-state index contributed by atoms with van der Waals surface area (Å²) in [7, 11) is 0. The van der Waals surface area contributed by atoms with Crippen LogP contribution in [0.4, 0.5) is 0 Å². The third kappa shape index (κ3) is 3.86. The summed E-state index contributed by atoms with van der Waals surface area (Å²) in [6, 6.07) is 59.0. The molecule has 0 saturated carbocycles. The van der Waals surface area contributed by atoms with E-state index in [1.807, 2.05) is 54.6 Å². The lowest BCUT2D eigenvalue weighted by atomic mass is 9.95. The van der Waals surface area contributed by atoms with Gasteiger partial charge in [0.05, 0.1) is 33.3 Å². The van der Waals surface area contributed by atoms with Crippen LogP contribution in [0.1, 0.15) is 16.7 Å². The van der Waals surface area contributed by atoms with Crippen LogP contribution in [0, 0.1) is 10.8 Å². The largest absolute Gasteiger partial charge is 0.308 e. The van der Waals surface area contributed by atoms with E-state index in [-0.39, 0.29) is 0 Å². The van der Waals surface area contributed by atoms with E-state index >= 15 is 0 Å². The van der Waals surface area contributed by atoms with Gasteiger partial charge in [0, 0.05) is 54.4 Å². The predicted octanol–water partition coefficient (Wildman–Crippen LogP) is 12.1. The van der Waals surface area contributed by atoms with Crippen molar-refractivity contribution in [2.75, 3.05) is 0 Å². The van der Waals surface area contributed by atoms with Crippen molar-refractivity contribution in [1.82, 2.24) is 8.97 Å². The van der Waals surface area contributed by atoms with Gasteiger partial charge in [-0.05, 0) is 34.7 Å². The van der Waals surface area contributed by atoms with Crippen molar-refractivity contribution in [1.29, 1.82) is 10.8 Å². The number of benzene rings is 8. The number of nitrogens with one attached hydrogen (secondary N) is 2. The van der Waals surface area contributed by atoms with Crippen molar-refractivity contribution in [3.8, 4) is 11.1 Å². The zero-order valence-corrected chi connectivity index (χ0v) is 28.1. The summed E-state index contributed by atoms with van der Waals surface area (Å²) < 4.78 is 4.57. The van der Waals surface area contributed by atoms with E-state index in [4.69, 9.17) is 0 Å². The van der Waals surface area contributed by atoms with Gasteiger partial charge in [-0.25, -0.2) is 0 Å². The van der Waals surface area contributed by atoms with Gasteiger partial charge in [0.1, 0.15) is 5.84 Å². The molecule has 8 aromatic carbocycles. The smallest absolute Gasteiger partial charge is 0.137 e. The summed E-state index contributed by atoms with van der Waals surface area (Å²) in [6.07, 6.45) is 0. The van der Waals surface area contributed by atoms with Gasteiger partial charge in [0.2, 0.25) is 0 Å². The molecule has 0 bridgehead atoms. The van der Waals surface area contributed by atoms with Gasteiger partial charge >= 0.3 is 0 Å². The summed E-state index contributed by atoms with van der Waals surface area (Å²) in [5.41, 5.74) is 10.5. The number of hydrogen-bond donors (Lipinski definition) is 2. The van der Waals surface area contributed by atoms with Crippen LogP contribution < -0.4 is 0 Å². The number of nitrogens with zero attached hydrogens (tertiary/aromatic N) is 2. The van der Waals surface area contributed by atoms with Crippen LogP contribution >= 0.6 is 0 Å². The minimum Gasteiger partial charge on any atom is -0.308 e. The van der Waals surface area contributed by atoms with Crippen LogP contribution in [0.25, 0.3) is 81.8 Å². The molecule has 2 N–H and O–H groups in total. The first kappa shape index (κ1) is 28.8. The Balaban J connectivity index is 1.21. The highest BCUT2D eigenvalue weighted by Gasteiger charge is 2.26. The van der Waals surface area contributed by atoms with E-state index < -0.39 is 0 Å². The molecule has 0 saturated heterocycles. The number of rotatable bonds is 4. The summed E-state index contributed by atoms with van der Waals surface area (Å²) in [6.45, 7) is 0. The molecule has 11 rings (SSSR count). The molecule has 4 heteroatoms. The van der Waals surface area contributed by atoms with Gasteiger partial charge in [-0.2, -0.15) is 0 Å². The lowest BCUT2D eigenvalue weighted by molar-refractivity contribution is 1.22. The van der Waals surface area contributed by atoms with E-state index in [2.05, 4.69) is 124 Å². The maximum Gasteiger partial charge on any atom is 0.137 e. The van der Waals surface area contributed by atoms with E-state index in [9.17, 15) is 10.8 Å². The van der Waals surface area contributed by atoms with Crippen LogP contribution in [0.5, 0.6) is 0 Å². The van der Waals surface area contributed by atoms with Gasteiger partial charge in [-0.1, -0.05) is 152 Å². The predicted molar refractivity (Wildman–Crippen MR) is 218 cm³/mol. The van der Waals surface area contributed by atoms with Gasteiger partial charge in [0.15, 0.2) is 0 Å². The van der Waals surface area contributed by atoms with Crippen LogP contribution in [0.15, 0.2) is 170 Å². The summed E-state index contributed by atoms with van der Waals surface area (Å²) in [5.74, 6) is 0.346. The SMILES string of the molecule is N=C(c1ccc(-c2ccccc2)cc1)c1ccccc1C(=N)n1c2cc3c4ccccc4n4c5ccccc5c(c2c2ccc5ccccc5c21)c34. The molecule has 11 aromatic rings. The highest BCUT2D eigenvalue weighted by molar-refractivity contribution is 6.38. The molecule has 3 heterocycles. The molecule has 0 radical (unpaired) electrons. The first-order chi connectivity index (χ1) is 25.7. The van der Waals surface area contributed by atoms with Gasteiger partial charge in [0.25, 0.3) is 0 Å². The molecule has 0 spiro atoms. The standard InChI is InChI=1S/C48H30N4/c49-45(32-24-22-30(23-25-32)29-12-2-1-3-13-29)35-17-6-7-18-36(35)48(50)52-42-28-39-34-16-8-10-20-40(34)51-41-21-11-9-19-37(41)44(47(39)51)43(42)38-27-26-31-14-4-5-15-33(31)46(38)52/h1-28,49-50H. The maximum atomic E-state index is 10.2.